The summed E-state index contributed by atoms with van der Waals surface area (Å²) in [5, 5.41) is 11.1. The third kappa shape index (κ3) is 3.00. The van der Waals surface area contributed by atoms with E-state index in [1.165, 1.54) is 51.4 Å². The Kier molecular flexibility index (Phi) is 4.29. The molecule has 5 aliphatic rings. The molecule has 0 unspecified atom stereocenters. The van der Waals surface area contributed by atoms with Gasteiger partial charge in [-0.2, -0.15) is 0 Å². The van der Waals surface area contributed by atoms with Gasteiger partial charge in [0.25, 0.3) is 0 Å². The van der Waals surface area contributed by atoms with E-state index in [1.807, 2.05) is 6.92 Å². The summed E-state index contributed by atoms with van der Waals surface area (Å²) in [6.07, 6.45) is 13.0. The fourth-order valence-corrected chi connectivity index (χ4v) is 8.12. The molecule has 0 amide bonds. The van der Waals surface area contributed by atoms with Crippen LogP contribution in [-0.2, 0) is 4.79 Å². The van der Waals surface area contributed by atoms with Gasteiger partial charge in [0.15, 0.2) is 0 Å². The molecule has 0 aromatic rings. The van der Waals surface area contributed by atoms with Crippen molar-refractivity contribution < 1.29 is 9.90 Å². The van der Waals surface area contributed by atoms with Crippen LogP contribution in [-0.4, -0.2) is 16.5 Å². The first-order valence-electron chi connectivity index (χ1n) is 11.7. The van der Waals surface area contributed by atoms with Crippen molar-refractivity contribution in [1.29, 1.82) is 0 Å². The quantitative estimate of drug-likeness (QED) is 0.662. The number of rotatable bonds is 1. The Balaban J connectivity index is 1.32. The van der Waals surface area contributed by atoms with Gasteiger partial charge in [0.1, 0.15) is 11.4 Å². The van der Waals surface area contributed by atoms with Crippen LogP contribution in [0.15, 0.2) is 0 Å². The van der Waals surface area contributed by atoms with Crippen molar-refractivity contribution in [2.24, 2.45) is 46.8 Å². The van der Waals surface area contributed by atoms with Gasteiger partial charge in [-0.05, 0) is 113 Å². The normalized spacial score (nSPS) is 51.4. The Labute approximate surface area is 164 Å². The Hall–Kier alpha value is -0.810. The first-order chi connectivity index (χ1) is 12.9. The lowest BCUT2D eigenvalue weighted by molar-refractivity contribution is -0.129. The molecule has 2 heteroatoms. The van der Waals surface area contributed by atoms with Crippen molar-refractivity contribution in [3.8, 4) is 11.8 Å². The molecular weight excluding hydrogens is 332 g/mol. The second kappa shape index (κ2) is 6.35. The van der Waals surface area contributed by atoms with Crippen molar-refractivity contribution >= 4 is 5.78 Å². The molecule has 5 saturated carbocycles. The van der Waals surface area contributed by atoms with Gasteiger partial charge in [-0.3, -0.25) is 4.79 Å². The highest BCUT2D eigenvalue weighted by Gasteiger charge is 2.58. The van der Waals surface area contributed by atoms with E-state index in [4.69, 9.17) is 0 Å². The molecule has 5 aliphatic carbocycles. The van der Waals surface area contributed by atoms with Gasteiger partial charge in [0.05, 0.1) is 0 Å². The molecule has 0 heterocycles. The molecule has 0 aliphatic heterocycles. The zero-order valence-corrected chi connectivity index (χ0v) is 17.2. The summed E-state index contributed by atoms with van der Waals surface area (Å²) < 4.78 is 0. The second-order valence-electron chi connectivity index (χ2n) is 11.0. The van der Waals surface area contributed by atoms with E-state index in [0.717, 1.165) is 42.9 Å². The monoisotopic (exact) mass is 368 g/mol. The third-order valence-corrected chi connectivity index (χ3v) is 9.59. The van der Waals surface area contributed by atoms with E-state index in [9.17, 15) is 9.90 Å². The number of carbonyl (C=O) groups is 1. The van der Waals surface area contributed by atoms with E-state index >= 15 is 0 Å². The predicted octanol–water partition coefficient (Wildman–Crippen LogP) is 4.99. The maximum absolute atomic E-state index is 12.2. The Morgan fingerprint density at radius 1 is 0.926 bits per heavy atom. The van der Waals surface area contributed by atoms with Crippen LogP contribution in [0.3, 0.4) is 0 Å². The van der Waals surface area contributed by atoms with Crippen LogP contribution in [0, 0.1) is 58.7 Å². The molecule has 27 heavy (non-hydrogen) atoms. The van der Waals surface area contributed by atoms with Crippen molar-refractivity contribution in [2.75, 3.05) is 0 Å². The zero-order chi connectivity index (χ0) is 18.8. The lowest BCUT2D eigenvalue weighted by Crippen LogP contribution is -2.51. The highest BCUT2D eigenvalue weighted by molar-refractivity contribution is 5.79. The van der Waals surface area contributed by atoms with Crippen LogP contribution in [0.2, 0.25) is 0 Å². The molecule has 1 N–H and O–H groups in total. The van der Waals surface area contributed by atoms with Gasteiger partial charge in [-0.1, -0.05) is 18.8 Å². The number of ketones is 1. The molecule has 5 rings (SSSR count). The first kappa shape index (κ1) is 18.2. The average Bonchev–Trinajstić information content (AvgIpc) is 3.39. The molecule has 0 saturated heterocycles. The van der Waals surface area contributed by atoms with E-state index < -0.39 is 5.60 Å². The van der Waals surface area contributed by atoms with Gasteiger partial charge >= 0.3 is 0 Å². The zero-order valence-electron chi connectivity index (χ0n) is 17.2. The molecule has 5 fully saturated rings. The molecule has 0 radical (unpaired) electrons. The highest BCUT2D eigenvalue weighted by atomic mass is 16.3. The Morgan fingerprint density at radius 3 is 2.44 bits per heavy atom. The molecule has 8 atom stereocenters. The number of Topliss-reactive ketones (excluding diaryl/α,β-unsaturated/α-hetero) is 1. The summed E-state index contributed by atoms with van der Waals surface area (Å²) in [6, 6.07) is 0. The highest BCUT2D eigenvalue weighted by Crippen LogP contribution is 2.64. The number of fused-ring (bicyclic) bond motifs is 5. The summed E-state index contributed by atoms with van der Waals surface area (Å²) in [6.45, 7) is 4.26. The fourth-order valence-electron chi connectivity index (χ4n) is 8.12. The summed E-state index contributed by atoms with van der Waals surface area (Å²) in [4.78, 5) is 12.2. The molecule has 0 aromatic carbocycles. The summed E-state index contributed by atoms with van der Waals surface area (Å²) >= 11 is 0. The van der Waals surface area contributed by atoms with Crippen LogP contribution in [0.25, 0.3) is 0 Å². The molecule has 0 aromatic heterocycles. The fraction of sp³-hybridized carbons (Fsp3) is 0.880. The maximum Gasteiger partial charge on any atom is 0.133 e. The number of hydrogen-bond acceptors (Lipinski definition) is 2. The third-order valence-electron chi connectivity index (χ3n) is 9.59. The lowest BCUT2D eigenvalue weighted by atomic mass is 9.49. The van der Waals surface area contributed by atoms with Gasteiger partial charge in [-0.15, -0.1) is 0 Å². The maximum atomic E-state index is 12.2. The average molecular weight is 369 g/mol. The van der Waals surface area contributed by atoms with Crippen molar-refractivity contribution in [3.63, 3.8) is 0 Å². The van der Waals surface area contributed by atoms with Crippen molar-refractivity contribution in [2.45, 2.75) is 90.1 Å². The second-order valence-corrected chi connectivity index (χ2v) is 11.0. The smallest absolute Gasteiger partial charge is 0.133 e. The standard InChI is InChI=1S/C25H36O2/c1-16(26)22-7-8-23-21-6-5-18-15-25(27,13-9-17-3-4-17)14-11-19(18)20(21)10-12-24(22,23)2/h17-23,27H,3-8,10-12,14-15H2,1-2H3/t18-,19-,20+,21+,22+,23-,24+,25-/m0/s1. The molecule has 2 nitrogen and oxygen atoms in total. The summed E-state index contributed by atoms with van der Waals surface area (Å²) in [5.74, 6) is 11.9. The Bertz CT molecular complexity index is 682. The SMILES string of the molecule is CC(=O)[C@H]1CC[C@H]2[C@@H]3CC[C@H]4C[C@](O)(C#CC5CC5)CC[C@@H]4[C@H]3CC[C@]12C. The lowest BCUT2D eigenvalue weighted by Gasteiger charge is -2.56. The number of hydrogen-bond donors (Lipinski definition) is 1. The first-order valence-corrected chi connectivity index (χ1v) is 11.7. The molecular formula is C25H36O2. The Morgan fingerprint density at radius 2 is 1.70 bits per heavy atom. The van der Waals surface area contributed by atoms with Gasteiger partial charge in [0.2, 0.25) is 0 Å². The minimum absolute atomic E-state index is 0.269. The number of aliphatic hydroxyl groups is 1. The topological polar surface area (TPSA) is 37.3 Å². The van der Waals surface area contributed by atoms with Crippen LogP contribution in [0.5, 0.6) is 0 Å². The van der Waals surface area contributed by atoms with Crippen molar-refractivity contribution in [1.82, 2.24) is 0 Å². The van der Waals surface area contributed by atoms with Crippen molar-refractivity contribution in [3.05, 3.63) is 0 Å². The van der Waals surface area contributed by atoms with Gasteiger partial charge in [-0.25, -0.2) is 0 Å². The van der Waals surface area contributed by atoms with E-state index in [-0.39, 0.29) is 5.41 Å². The van der Waals surface area contributed by atoms with E-state index in [0.29, 0.717) is 23.5 Å². The summed E-state index contributed by atoms with van der Waals surface area (Å²) in [5.41, 5.74) is -0.433. The largest absolute Gasteiger partial charge is 0.378 e. The molecule has 148 valence electrons. The van der Waals surface area contributed by atoms with Crippen LogP contribution in [0.4, 0.5) is 0 Å². The number of carbonyl (C=O) groups excluding carboxylic acids is 1. The molecule has 0 spiro atoms. The minimum Gasteiger partial charge on any atom is -0.378 e. The van der Waals surface area contributed by atoms with Gasteiger partial charge < -0.3 is 5.11 Å². The van der Waals surface area contributed by atoms with Crippen LogP contribution >= 0.6 is 0 Å². The van der Waals surface area contributed by atoms with Crippen LogP contribution in [0.1, 0.15) is 84.5 Å². The summed E-state index contributed by atoms with van der Waals surface area (Å²) in [7, 11) is 0. The van der Waals surface area contributed by atoms with E-state index in [2.05, 4.69) is 18.8 Å². The molecule has 0 bridgehead atoms. The minimum atomic E-state index is -0.702. The predicted molar refractivity (Wildman–Crippen MR) is 107 cm³/mol. The van der Waals surface area contributed by atoms with Crippen LogP contribution < -0.4 is 0 Å². The van der Waals surface area contributed by atoms with E-state index in [1.54, 1.807) is 0 Å². The van der Waals surface area contributed by atoms with Gasteiger partial charge in [0, 0.05) is 11.8 Å².